The number of hydrogen-bond acceptors (Lipinski definition) is 1. The van der Waals surface area contributed by atoms with Crippen molar-refractivity contribution in [1.82, 2.24) is 9.55 Å². The van der Waals surface area contributed by atoms with Crippen molar-refractivity contribution in [1.29, 1.82) is 0 Å². The molecule has 1 aromatic carbocycles. The Balaban J connectivity index is 1.86. The van der Waals surface area contributed by atoms with E-state index < -0.39 is 0 Å². The summed E-state index contributed by atoms with van der Waals surface area (Å²) >= 11 is 0. The smallest absolute Gasteiger partial charge is 0.109 e. The molecule has 110 valence electrons. The summed E-state index contributed by atoms with van der Waals surface area (Å²) in [6, 6.07) is 8.51. The summed E-state index contributed by atoms with van der Waals surface area (Å²) < 4.78 is 2.42. The molecule has 0 aliphatic carbocycles. The molecule has 1 aromatic heterocycles. The summed E-state index contributed by atoms with van der Waals surface area (Å²) in [4.78, 5) is 4.73. The zero-order valence-corrected chi connectivity index (χ0v) is 13.1. The first kappa shape index (κ1) is 15.1. The quantitative estimate of drug-likeness (QED) is 0.563. The standard InChI is InChI=1S/C18H28N2/c1-3-5-6-7-8-9-12-15-20-17-14-11-10-13-16(17)19-18(20)4-2/h10-11,13-14H,3-9,12,15H2,1-2H3. The monoisotopic (exact) mass is 272 g/mol. The van der Waals surface area contributed by atoms with Crippen molar-refractivity contribution in [2.24, 2.45) is 0 Å². The average molecular weight is 272 g/mol. The van der Waals surface area contributed by atoms with Crippen LogP contribution in [0.5, 0.6) is 0 Å². The van der Waals surface area contributed by atoms with E-state index in [9.17, 15) is 0 Å². The van der Waals surface area contributed by atoms with Crippen molar-refractivity contribution in [3.8, 4) is 0 Å². The van der Waals surface area contributed by atoms with Crippen LogP contribution in [0.1, 0.15) is 64.6 Å². The van der Waals surface area contributed by atoms with E-state index in [1.54, 1.807) is 0 Å². The molecule has 0 N–H and O–H groups in total. The number of hydrogen-bond donors (Lipinski definition) is 0. The third-order valence-electron chi connectivity index (χ3n) is 4.04. The lowest BCUT2D eigenvalue weighted by Crippen LogP contribution is -2.03. The number of fused-ring (bicyclic) bond motifs is 1. The normalized spacial score (nSPS) is 11.3. The summed E-state index contributed by atoms with van der Waals surface area (Å²) in [6.07, 6.45) is 10.6. The first-order valence-electron chi connectivity index (χ1n) is 8.31. The number of imidazole rings is 1. The average Bonchev–Trinajstić information content (AvgIpc) is 2.84. The largest absolute Gasteiger partial charge is 0.328 e. The van der Waals surface area contributed by atoms with Gasteiger partial charge in [0.25, 0.3) is 0 Å². The van der Waals surface area contributed by atoms with E-state index in [0.29, 0.717) is 0 Å². The molecule has 0 aliphatic rings. The SMILES string of the molecule is CCCCCCCCCn1c(CC)nc2ccccc21. The van der Waals surface area contributed by atoms with Crippen LogP contribution in [-0.4, -0.2) is 9.55 Å². The molecule has 0 radical (unpaired) electrons. The molecule has 0 fully saturated rings. The topological polar surface area (TPSA) is 17.8 Å². The molecule has 2 aromatic rings. The van der Waals surface area contributed by atoms with Gasteiger partial charge in [-0.05, 0) is 18.6 Å². The Labute approximate surface area is 123 Å². The Bertz CT molecular complexity index is 513. The summed E-state index contributed by atoms with van der Waals surface area (Å²) in [5.74, 6) is 1.23. The predicted molar refractivity (Wildman–Crippen MR) is 87.1 cm³/mol. The van der Waals surface area contributed by atoms with Gasteiger partial charge >= 0.3 is 0 Å². The van der Waals surface area contributed by atoms with Crippen LogP contribution in [0.4, 0.5) is 0 Å². The summed E-state index contributed by atoms with van der Waals surface area (Å²) in [6.45, 7) is 5.59. The highest BCUT2D eigenvalue weighted by Gasteiger charge is 2.07. The molecule has 0 aliphatic heterocycles. The fourth-order valence-corrected chi connectivity index (χ4v) is 2.87. The molecule has 2 rings (SSSR count). The Morgan fingerprint density at radius 2 is 1.60 bits per heavy atom. The van der Waals surface area contributed by atoms with Gasteiger partial charge in [0.2, 0.25) is 0 Å². The molecule has 0 spiro atoms. The fourth-order valence-electron chi connectivity index (χ4n) is 2.87. The van der Waals surface area contributed by atoms with Gasteiger partial charge in [0.05, 0.1) is 11.0 Å². The van der Waals surface area contributed by atoms with Crippen LogP contribution in [0.25, 0.3) is 11.0 Å². The van der Waals surface area contributed by atoms with Crippen LogP contribution < -0.4 is 0 Å². The van der Waals surface area contributed by atoms with Crippen LogP contribution in [0.15, 0.2) is 24.3 Å². The number of aromatic nitrogens is 2. The Hall–Kier alpha value is -1.31. The number of nitrogens with zero attached hydrogens (tertiary/aromatic N) is 2. The molecular formula is C18H28N2. The maximum absolute atomic E-state index is 4.73. The van der Waals surface area contributed by atoms with Gasteiger partial charge in [0.1, 0.15) is 5.82 Å². The van der Waals surface area contributed by atoms with Gasteiger partial charge in [0, 0.05) is 13.0 Å². The van der Waals surface area contributed by atoms with E-state index >= 15 is 0 Å². The maximum Gasteiger partial charge on any atom is 0.109 e. The van der Waals surface area contributed by atoms with Crippen molar-refractivity contribution in [2.75, 3.05) is 0 Å². The van der Waals surface area contributed by atoms with E-state index in [1.807, 2.05) is 0 Å². The lowest BCUT2D eigenvalue weighted by Gasteiger charge is -2.08. The van der Waals surface area contributed by atoms with Gasteiger partial charge < -0.3 is 4.57 Å². The maximum atomic E-state index is 4.73. The highest BCUT2D eigenvalue weighted by molar-refractivity contribution is 5.75. The van der Waals surface area contributed by atoms with Gasteiger partial charge in [-0.3, -0.25) is 0 Å². The third kappa shape index (κ3) is 3.84. The predicted octanol–water partition coefficient (Wildman–Crippen LogP) is 5.35. The molecule has 0 amide bonds. The van der Waals surface area contributed by atoms with Gasteiger partial charge in [-0.2, -0.15) is 0 Å². The van der Waals surface area contributed by atoms with Crippen LogP contribution in [0.3, 0.4) is 0 Å². The van der Waals surface area contributed by atoms with Crippen molar-refractivity contribution in [2.45, 2.75) is 71.8 Å². The number of benzene rings is 1. The number of aryl methyl sites for hydroxylation is 2. The van der Waals surface area contributed by atoms with E-state index in [0.717, 1.165) is 18.5 Å². The van der Waals surface area contributed by atoms with Crippen molar-refractivity contribution in [3.05, 3.63) is 30.1 Å². The van der Waals surface area contributed by atoms with Gasteiger partial charge in [-0.15, -0.1) is 0 Å². The van der Waals surface area contributed by atoms with E-state index in [2.05, 4.69) is 42.7 Å². The molecule has 2 heteroatoms. The molecule has 0 bridgehead atoms. The van der Waals surface area contributed by atoms with Gasteiger partial charge in [-0.25, -0.2) is 4.98 Å². The minimum atomic E-state index is 1.02. The molecule has 0 saturated heterocycles. The lowest BCUT2D eigenvalue weighted by atomic mass is 10.1. The molecule has 20 heavy (non-hydrogen) atoms. The fraction of sp³-hybridized carbons (Fsp3) is 0.611. The van der Waals surface area contributed by atoms with E-state index in [4.69, 9.17) is 4.98 Å². The van der Waals surface area contributed by atoms with Gasteiger partial charge in [0.15, 0.2) is 0 Å². The van der Waals surface area contributed by atoms with Crippen molar-refractivity contribution in [3.63, 3.8) is 0 Å². The lowest BCUT2D eigenvalue weighted by molar-refractivity contribution is 0.547. The second-order valence-electron chi connectivity index (χ2n) is 5.64. The van der Waals surface area contributed by atoms with Crippen molar-refractivity contribution < 1.29 is 0 Å². The zero-order chi connectivity index (χ0) is 14.2. The van der Waals surface area contributed by atoms with E-state index in [-0.39, 0.29) is 0 Å². The minimum Gasteiger partial charge on any atom is -0.328 e. The van der Waals surface area contributed by atoms with Crippen LogP contribution >= 0.6 is 0 Å². The van der Waals surface area contributed by atoms with Crippen LogP contribution in [0, 0.1) is 0 Å². The number of unbranched alkanes of at least 4 members (excludes halogenated alkanes) is 6. The number of rotatable bonds is 9. The molecule has 2 nitrogen and oxygen atoms in total. The Kier molecular flexibility index (Phi) is 6.10. The Morgan fingerprint density at radius 1 is 0.900 bits per heavy atom. The molecular weight excluding hydrogens is 244 g/mol. The summed E-state index contributed by atoms with van der Waals surface area (Å²) in [5, 5.41) is 0. The minimum absolute atomic E-state index is 1.02. The van der Waals surface area contributed by atoms with Gasteiger partial charge in [-0.1, -0.05) is 64.5 Å². The summed E-state index contributed by atoms with van der Waals surface area (Å²) in [7, 11) is 0. The van der Waals surface area contributed by atoms with Crippen molar-refractivity contribution >= 4 is 11.0 Å². The number of para-hydroxylation sites is 2. The Morgan fingerprint density at radius 3 is 2.35 bits per heavy atom. The molecule has 0 unspecified atom stereocenters. The van der Waals surface area contributed by atoms with Crippen LogP contribution in [0.2, 0.25) is 0 Å². The first-order chi connectivity index (χ1) is 9.86. The summed E-state index contributed by atoms with van der Waals surface area (Å²) in [5.41, 5.74) is 2.45. The molecule has 0 atom stereocenters. The molecule has 0 saturated carbocycles. The second kappa shape index (κ2) is 8.08. The second-order valence-corrected chi connectivity index (χ2v) is 5.64. The highest BCUT2D eigenvalue weighted by atomic mass is 15.1. The third-order valence-corrected chi connectivity index (χ3v) is 4.04. The highest BCUT2D eigenvalue weighted by Crippen LogP contribution is 2.18. The molecule has 1 heterocycles. The first-order valence-corrected chi connectivity index (χ1v) is 8.31. The van der Waals surface area contributed by atoms with E-state index in [1.165, 1.54) is 56.3 Å². The zero-order valence-electron chi connectivity index (χ0n) is 13.1. The van der Waals surface area contributed by atoms with Crippen LogP contribution in [-0.2, 0) is 13.0 Å².